The van der Waals surface area contributed by atoms with Crippen LogP contribution in [0.3, 0.4) is 0 Å². The van der Waals surface area contributed by atoms with Crippen LogP contribution in [-0.2, 0) is 4.74 Å². The van der Waals surface area contributed by atoms with Gasteiger partial charge in [-0.1, -0.05) is 0 Å². The molecule has 1 fully saturated rings. The lowest BCUT2D eigenvalue weighted by atomic mass is 10.3. The van der Waals surface area contributed by atoms with E-state index in [1.165, 1.54) is 12.1 Å². The van der Waals surface area contributed by atoms with Crippen molar-refractivity contribution in [3.63, 3.8) is 0 Å². The predicted octanol–water partition coefficient (Wildman–Crippen LogP) is 1.22. The molecule has 0 unspecified atom stereocenters. The van der Waals surface area contributed by atoms with E-state index in [2.05, 4.69) is 0 Å². The van der Waals surface area contributed by atoms with E-state index in [9.17, 15) is 10.1 Å². The number of benzene rings is 1. The van der Waals surface area contributed by atoms with Gasteiger partial charge in [0.15, 0.2) is 0 Å². The van der Waals surface area contributed by atoms with Crippen LogP contribution in [0.4, 0.5) is 5.69 Å². The van der Waals surface area contributed by atoms with Crippen molar-refractivity contribution < 1.29 is 14.5 Å². The van der Waals surface area contributed by atoms with Crippen LogP contribution in [0.2, 0.25) is 0 Å². The number of nitro benzene ring substituents is 1. The fourth-order valence-corrected chi connectivity index (χ4v) is 1.42. The summed E-state index contributed by atoms with van der Waals surface area (Å²) in [5.74, 6) is 0.604. The summed E-state index contributed by atoms with van der Waals surface area (Å²) < 4.78 is 5.18. The Labute approximate surface area is 92.5 Å². The fraction of sp³-hybridized carbons (Fsp3) is 0.400. The number of hydrogen-bond acceptors (Lipinski definition) is 5. The summed E-state index contributed by atoms with van der Waals surface area (Å²) in [5.41, 5.74) is 0.0642. The summed E-state index contributed by atoms with van der Waals surface area (Å²) in [4.78, 5) is 15.5. The fourth-order valence-electron chi connectivity index (χ4n) is 1.42. The molecule has 86 valence electrons. The van der Waals surface area contributed by atoms with Crippen LogP contribution in [0.1, 0.15) is 0 Å². The van der Waals surface area contributed by atoms with E-state index in [4.69, 9.17) is 9.57 Å². The van der Waals surface area contributed by atoms with Crippen LogP contribution in [0.15, 0.2) is 24.3 Å². The zero-order valence-electron chi connectivity index (χ0n) is 8.67. The third kappa shape index (κ3) is 2.68. The van der Waals surface area contributed by atoms with Crippen LogP contribution >= 0.6 is 0 Å². The van der Waals surface area contributed by atoms with E-state index < -0.39 is 4.92 Å². The van der Waals surface area contributed by atoms with E-state index >= 15 is 0 Å². The molecule has 0 spiro atoms. The first kappa shape index (κ1) is 10.8. The summed E-state index contributed by atoms with van der Waals surface area (Å²) >= 11 is 0. The van der Waals surface area contributed by atoms with Crippen LogP contribution in [0.5, 0.6) is 5.75 Å². The molecule has 1 aliphatic heterocycles. The quantitative estimate of drug-likeness (QED) is 0.570. The molecule has 6 heteroatoms. The second kappa shape index (κ2) is 4.91. The Balaban J connectivity index is 1.96. The molecule has 0 aromatic heterocycles. The Morgan fingerprint density at radius 1 is 1.25 bits per heavy atom. The van der Waals surface area contributed by atoms with E-state index in [1.54, 1.807) is 17.2 Å². The van der Waals surface area contributed by atoms with Crippen molar-refractivity contribution in [3.8, 4) is 5.75 Å². The minimum atomic E-state index is -0.432. The van der Waals surface area contributed by atoms with Crippen molar-refractivity contribution >= 4 is 5.69 Å². The summed E-state index contributed by atoms with van der Waals surface area (Å²) in [7, 11) is 0. The number of ether oxygens (including phenoxy) is 1. The highest BCUT2D eigenvalue weighted by Crippen LogP contribution is 2.18. The molecule has 2 rings (SSSR count). The number of nitro groups is 1. The van der Waals surface area contributed by atoms with Crippen molar-refractivity contribution in [2.75, 3.05) is 26.3 Å². The standard InChI is InChI=1S/C10H12N2O4/c13-12(14)9-1-3-10(4-2-9)16-11-5-7-15-8-6-11/h1-4H,5-8H2. The molecule has 0 atom stereocenters. The van der Waals surface area contributed by atoms with Crippen LogP contribution in [0.25, 0.3) is 0 Å². The number of non-ortho nitro benzene ring substituents is 1. The van der Waals surface area contributed by atoms with Gasteiger partial charge in [-0.3, -0.25) is 10.1 Å². The molecular weight excluding hydrogens is 212 g/mol. The van der Waals surface area contributed by atoms with E-state index in [0.717, 1.165) is 0 Å². The van der Waals surface area contributed by atoms with Gasteiger partial charge in [0.1, 0.15) is 5.75 Å². The monoisotopic (exact) mass is 224 g/mol. The van der Waals surface area contributed by atoms with Gasteiger partial charge in [-0.05, 0) is 12.1 Å². The third-order valence-corrected chi connectivity index (χ3v) is 2.25. The lowest BCUT2D eigenvalue weighted by Gasteiger charge is -2.26. The van der Waals surface area contributed by atoms with Crippen molar-refractivity contribution in [1.29, 1.82) is 0 Å². The average Bonchev–Trinajstić information content (AvgIpc) is 2.31. The zero-order valence-corrected chi connectivity index (χ0v) is 8.67. The second-order valence-electron chi connectivity index (χ2n) is 3.38. The minimum absolute atomic E-state index is 0.0642. The Morgan fingerprint density at radius 3 is 2.44 bits per heavy atom. The number of morpholine rings is 1. The van der Waals surface area contributed by atoms with Crippen LogP contribution in [-0.4, -0.2) is 36.3 Å². The smallest absolute Gasteiger partial charge is 0.269 e. The highest BCUT2D eigenvalue weighted by atomic mass is 16.7. The SMILES string of the molecule is O=[N+]([O-])c1ccc(ON2CCOCC2)cc1. The highest BCUT2D eigenvalue weighted by Gasteiger charge is 2.12. The van der Waals surface area contributed by atoms with Gasteiger partial charge >= 0.3 is 0 Å². The first-order valence-corrected chi connectivity index (χ1v) is 5.01. The molecule has 1 aromatic rings. The number of hydrogen-bond donors (Lipinski definition) is 0. The predicted molar refractivity (Wildman–Crippen MR) is 56.1 cm³/mol. The topological polar surface area (TPSA) is 64.8 Å². The normalized spacial score (nSPS) is 17.0. The Kier molecular flexibility index (Phi) is 3.33. The van der Waals surface area contributed by atoms with Gasteiger partial charge < -0.3 is 9.57 Å². The molecule has 16 heavy (non-hydrogen) atoms. The maximum absolute atomic E-state index is 10.4. The van der Waals surface area contributed by atoms with Gasteiger partial charge in [-0.15, -0.1) is 5.06 Å². The number of nitrogens with zero attached hydrogens (tertiary/aromatic N) is 2. The molecule has 0 aliphatic carbocycles. The summed E-state index contributed by atoms with van der Waals surface area (Å²) in [5, 5.41) is 12.2. The molecule has 1 heterocycles. The maximum atomic E-state index is 10.4. The summed E-state index contributed by atoms with van der Waals surface area (Å²) in [6.07, 6.45) is 0. The molecule has 6 nitrogen and oxygen atoms in total. The largest absolute Gasteiger partial charge is 0.406 e. The lowest BCUT2D eigenvalue weighted by molar-refractivity contribution is -0.384. The van der Waals surface area contributed by atoms with Gasteiger partial charge in [0, 0.05) is 12.1 Å². The average molecular weight is 224 g/mol. The van der Waals surface area contributed by atoms with Crippen LogP contribution in [0, 0.1) is 10.1 Å². The van der Waals surface area contributed by atoms with E-state index in [-0.39, 0.29) is 5.69 Å². The van der Waals surface area contributed by atoms with Crippen molar-refractivity contribution in [2.45, 2.75) is 0 Å². The molecule has 1 aromatic carbocycles. The molecule has 0 saturated carbocycles. The van der Waals surface area contributed by atoms with Gasteiger partial charge in [0.05, 0.1) is 31.2 Å². The van der Waals surface area contributed by atoms with E-state index in [0.29, 0.717) is 32.1 Å². The highest BCUT2D eigenvalue weighted by molar-refractivity contribution is 5.35. The maximum Gasteiger partial charge on any atom is 0.269 e. The third-order valence-electron chi connectivity index (χ3n) is 2.25. The molecule has 0 N–H and O–H groups in total. The van der Waals surface area contributed by atoms with Crippen molar-refractivity contribution in [1.82, 2.24) is 5.06 Å². The Hall–Kier alpha value is -1.66. The van der Waals surface area contributed by atoms with Gasteiger partial charge in [-0.2, -0.15) is 0 Å². The van der Waals surface area contributed by atoms with Crippen LogP contribution < -0.4 is 4.84 Å². The molecule has 0 radical (unpaired) electrons. The first-order chi connectivity index (χ1) is 7.75. The zero-order chi connectivity index (χ0) is 11.4. The Bertz CT molecular complexity index is 360. The molecule has 1 saturated heterocycles. The number of rotatable bonds is 3. The molecule has 0 amide bonds. The van der Waals surface area contributed by atoms with E-state index in [1.807, 2.05) is 0 Å². The molecule has 0 bridgehead atoms. The summed E-state index contributed by atoms with van der Waals surface area (Å²) in [6, 6.07) is 6.03. The molecular formula is C10H12N2O4. The Morgan fingerprint density at radius 2 is 1.88 bits per heavy atom. The molecule has 1 aliphatic rings. The minimum Gasteiger partial charge on any atom is -0.406 e. The first-order valence-electron chi connectivity index (χ1n) is 5.01. The van der Waals surface area contributed by atoms with Gasteiger partial charge in [-0.25, -0.2) is 0 Å². The lowest BCUT2D eigenvalue weighted by Crippen LogP contribution is -2.38. The van der Waals surface area contributed by atoms with Crippen molar-refractivity contribution in [2.24, 2.45) is 0 Å². The van der Waals surface area contributed by atoms with Gasteiger partial charge in [0.25, 0.3) is 5.69 Å². The second-order valence-corrected chi connectivity index (χ2v) is 3.38. The number of hydroxylamine groups is 2. The van der Waals surface area contributed by atoms with Crippen molar-refractivity contribution in [3.05, 3.63) is 34.4 Å². The van der Waals surface area contributed by atoms with Gasteiger partial charge in [0.2, 0.25) is 0 Å². The summed E-state index contributed by atoms with van der Waals surface area (Å²) in [6.45, 7) is 2.70.